The maximum Gasteiger partial charge on any atom is 0.272 e. The molecular formula is C19H24N6O. The molecule has 0 unspecified atom stereocenters. The van der Waals surface area contributed by atoms with Crippen molar-refractivity contribution in [3.63, 3.8) is 0 Å². The van der Waals surface area contributed by atoms with Gasteiger partial charge in [0.15, 0.2) is 5.69 Å². The van der Waals surface area contributed by atoms with Gasteiger partial charge in [0.25, 0.3) is 5.91 Å². The zero-order valence-electron chi connectivity index (χ0n) is 15.1. The number of hydrogen-bond donors (Lipinski definition) is 3. The molecule has 0 aliphatic carbocycles. The number of fused-ring (bicyclic) bond motifs is 1. The summed E-state index contributed by atoms with van der Waals surface area (Å²) in [5, 5.41) is 18.8. The maximum absolute atomic E-state index is 12.4. The molecule has 0 spiro atoms. The largest absolute Gasteiger partial charge is 0.348 e. The molecule has 1 aromatic carbocycles. The van der Waals surface area contributed by atoms with E-state index in [1.165, 1.54) is 0 Å². The van der Waals surface area contributed by atoms with Crippen LogP contribution in [-0.4, -0.2) is 45.0 Å². The Morgan fingerprint density at radius 1 is 1.27 bits per heavy atom. The van der Waals surface area contributed by atoms with E-state index in [4.69, 9.17) is 0 Å². The summed E-state index contributed by atoms with van der Waals surface area (Å²) >= 11 is 0. The van der Waals surface area contributed by atoms with E-state index in [1.54, 1.807) is 0 Å². The van der Waals surface area contributed by atoms with E-state index in [1.807, 2.05) is 38.2 Å². The molecule has 4 rings (SSSR count). The van der Waals surface area contributed by atoms with Gasteiger partial charge in [-0.15, -0.1) is 0 Å². The fourth-order valence-electron chi connectivity index (χ4n) is 3.46. The molecule has 136 valence electrons. The molecular weight excluding hydrogens is 328 g/mol. The Bertz CT molecular complexity index is 919. The first-order chi connectivity index (χ1) is 12.6. The summed E-state index contributed by atoms with van der Waals surface area (Å²) in [4.78, 5) is 12.4. The van der Waals surface area contributed by atoms with Crippen LogP contribution in [0.2, 0.25) is 0 Å². The Kier molecular flexibility index (Phi) is 4.46. The summed E-state index contributed by atoms with van der Waals surface area (Å²) in [7, 11) is 0. The molecule has 2 aromatic heterocycles. The quantitative estimate of drug-likeness (QED) is 0.673. The highest BCUT2D eigenvalue weighted by atomic mass is 16.2. The average Bonchev–Trinajstić information content (AvgIpc) is 3.28. The van der Waals surface area contributed by atoms with Gasteiger partial charge < -0.3 is 10.6 Å². The van der Waals surface area contributed by atoms with Crippen molar-refractivity contribution in [2.75, 3.05) is 13.1 Å². The molecule has 0 radical (unpaired) electrons. The molecule has 1 aliphatic rings. The van der Waals surface area contributed by atoms with Crippen molar-refractivity contribution in [1.82, 2.24) is 30.6 Å². The number of hydrogen-bond acceptors (Lipinski definition) is 4. The van der Waals surface area contributed by atoms with Crippen LogP contribution in [0.4, 0.5) is 0 Å². The van der Waals surface area contributed by atoms with Gasteiger partial charge in [0.1, 0.15) is 0 Å². The zero-order chi connectivity index (χ0) is 18.1. The second kappa shape index (κ2) is 6.92. The number of H-pyrrole nitrogens is 1. The van der Waals surface area contributed by atoms with Crippen molar-refractivity contribution in [2.24, 2.45) is 0 Å². The molecule has 7 nitrogen and oxygen atoms in total. The number of amides is 1. The number of nitrogens with one attached hydrogen (secondary N) is 3. The summed E-state index contributed by atoms with van der Waals surface area (Å²) in [6.07, 6.45) is 6.20. The predicted octanol–water partition coefficient (Wildman–Crippen LogP) is 2.49. The molecule has 7 heteroatoms. The van der Waals surface area contributed by atoms with E-state index in [9.17, 15) is 4.79 Å². The van der Waals surface area contributed by atoms with Gasteiger partial charge in [-0.2, -0.15) is 10.2 Å². The molecule has 1 fully saturated rings. The van der Waals surface area contributed by atoms with Crippen LogP contribution in [0.3, 0.4) is 0 Å². The zero-order valence-corrected chi connectivity index (χ0v) is 15.1. The van der Waals surface area contributed by atoms with Gasteiger partial charge in [0.2, 0.25) is 0 Å². The van der Waals surface area contributed by atoms with E-state index < -0.39 is 0 Å². The second-order valence-electron chi connectivity index (χ2n) is 7.15. The van der Waals surface area contributed by atoms with Crippen LogP contribution in [-0.2, 0) is 0 Å². The lowest BCUT2D eigenvalue weighted by atomic mass is 10.1. The Morgan fingerprint density at radius 2 is 2.08 bits per heavy atom. The lowest BCUT2D eigenvalue weighted by Gasteiger charge is -2.22. The van der Waals surface area contributed by atoms with E-state index in [-0.39, 0.29) is 11.9 Å². The van der Waals surface area contributed by atoms with Crippen molar-refractivity contribution in [3.05, 3.63) is 36.3 Å². The third-order valence-electron chi connectivity index (χ3n) is 4.82. The number of aromatic amines is 1. The molecule has 1 saturated heterocycles. The van der Waals surface area contributed by atoms with E-state index in [0.29, 0.717) is 11.7 Å². The molecule has 1 aliphatic heterocycles. The number of carbonyl (C=O) groups is 1. The van der Waals surface area contributed by atoms with Crippen molar-refractivity contribution in [2.45, 2.75) is 38.8 Å². The average molecular weight is 352 g/mol. The molecule has 26 heavy (non-hydrogen) atoms. The highest BCUT2D eigenvalue weighted by Gasteiger charge is 2.18. The fourth-order valence-corrected chi connectivity index (χ4v) is 3.46. The van der Waals surface area contributed by atoms with Gasteiger partial charge in [0, 0.05) is 23.2 Å². The Hall–Kier alpha value is -2.67. The molecule has 0 atom stereocenters. The number of carbonyl (C=O) groups excluding carboxylic acids is 1. The van der Waals surface area contributed by atoms with Crippen LogP contribution in [0.1, 0.15) is 43.2 Å². The summed E-state index contributed by atoms with van der Waals surface area (Å²) in [5.41, 5.74) is 3.38. The van der Waals surface area contributed by atoms with Crippen LogP contribution in [0, 0.1) is 0 Å². The maximum atomic E-state index is 12.4. The predicted molar refractivity (Wildman–Crippen MR) is 101 cm³/mol. The first-order valence-electron chi connectivity index (χ1n) is 9.16. The Balaban J connectivity index is 1.65. The lowest BCUT2D eigenvalue weighted by molar-refractivity contribution is 0.0939. The minimum Gasteiger partial charge on any atom is -0.348 e. The van der Waals surface area contributed by atoms with Gasteiger partial charge in [-0.1, -0.05) is 6.07 Å². The number of nitrogens with zero attached hydrogens (tertiary/aromatic N) is 3. The van der Waals surface area contributed by atoms with Crippen LogP contribution in [0.15, 0.2) is 30.6 Å². The first kappa shape index (κ1) is 16.8. The highest BCUT2D eigenvalue weighted by Crippen LogP contribution is 2.27. The van der Waals surface area contributed by atoms with Crippen LogP contribution >= 0.6 is 0 Å². The Labute approximate surface area is 152 Å². The molecule has 1 amide bonds. The summed E-state index contributed by atoms with van der Waals surface area (Å²) in [6, 6.07) is 6.54. The lowest BCUT2D eigenvalue weighted by Crippen LogP contribution is -2.30. The second-order valence-corrected chi connectivity index (χ2v) is 7.15. The normalized spacial score (nSPS) is 15.7. The Morgan fingerprint density at radius 3 is 2.85 bits per heavy atom. The van der Waals surface area contributed by atoms with Gasteiger partial charge >= 0.3 is 0 Å². The van der Waals surface area contributed by atoms with Gasteiger partial charge in [0.05, 0.1) is 17.8 Å². The third-order valence-corrected chi connectivity index (χ3v) is 4.82. The minimum absolute atomic E-state index is 0.0700. The number of rotatable bonds is 4. The van der Waals surface area contributed by atoms with Gasteiger partial charge in [-0.25, -0.2) is 0 Å². The molecule has 3 heterocycles. The van der Waals surface area contributed by atoms with E-state index in [0.717, 1.165) is 48.0 Å². The third kappa shape index (κ3) is 3.22. The van der Waals surface area contributed by atoms with Crippen LogP contribution < -0.4 is 10.6 Å². The van der Waals surface area contributed by atoms with Crippen LogP contribution in [0.25, 0.3) is 22.0 Å². The summed E-state index contributed by atoms with van der Waals surface area (Å²) in [5.74, 6) is -0.159. The molecule has 3 N–H and O–H groups in total. The van der Waals surface area contributed by atoms with Crippen molar-refractivity contribution >= 4 is 16.8 Å². The number of piperidine rings is 1. The smallest absolute Gasteiger partial charge is 0.272 e. The van der Waals surface area contributed by atoms with Gasteiger partial charge in [-0.05, 0) is 57.5 Å². The highest BCUT2D eigenvalue weighted by molar-refractivity contribution is 6.05. The summed E-state index contributed by atoms with van der Waals surface area (Å²) in [6.45, 7) is 5.95. The first-order valence-corrected chi connectivity index (χ1v) is 9.16. The molecule has 0 saturated carbocycles. The topological polar surface area (TPSA) is 87.6 Å². The van der Waals surface area contributed by atoms with Crippen molar-refractivity contribution in [1.29, 1.82) is 0 Å². The van der Waals surface area contributed by atoms with Gasteiger partial charge in [-0.3, -0.25) is 14.6 Å². The summed E-state index contributed by atoms with van der Waals surface area (Å²) < 4.78 is 2.07. The molecule has 3 aromatic rings. The fraction of sp³-hybridized carbons (Fsp3) is 0.421. The standard InChI is InChI=1S/C19H24N6O/c1-12(2)22-19(26)18-16-9-13(3-4-17(16)23-24-18)14-10-21-25(11-14)15-5-7-20-8-6-15/h3-4,9-12,15,20H,5-8H2,1-2H3,(H,22,26)(H,23,24). The molecule has 0 bridgehead atoms. The number of aromatic nitrogens is 4. The van der Waals surface area contributed by atoms with Crippen LogP contribution in [0.5, 0.6) is 0 Å². The van der Waals surface area contributed by atoms with Crippen molar-refractivity contribution in [3.8, 4) is 11.1 Å². The number of benzene rings is 1. The van der Waals surface area contributed by atoms with E-state index >= 15 is 0 Å². The monoisotopic (exact) mass is 352 g/mol. The van der Waals surface area contributed by atoms with E-state index in [2.05, 4.69) is 36.8 Å². The van der Waals surface area contributed by atoms with Crippen molar-refractivity contribution < 1.29 is 4.79 Å². The SMILES string of the molecule is CC(C)NC(=O)c1n[nH]c2ccc(-c3cnn(C4CCNCC4)c3)cc12. The minimum atomic E-state index is -0.159.